The number of carboxylic acid groups (broad SMARTS) is 1. The number of benzene rings is 1. The normalized spacial score (nSPS) is 12.5. The minimum Gasteiger partial charge on any atom is -0.480 e. The first-order chi connectivity index (χ1) is 12.1. The molecule has 0 aliphatic heterocycles. The third-order valence-corrected chi connectivity index (χ3v) is 4.15. The third-order valence-electron chi connectivity index (χ3n) is 4.15. The van der Waals surface area contributed by atoms with Crippen molar-refractivity contribution in [3.8, 4) is 11.1 Å². The van der Waals surface area contributed by atoms with E-state index in [1.807, 2.05) is 30.3 Å². The standard InChI is InChI=1S/C17H13N5O3/c1-10(17(24)25)21-8-7-13-14(16(21)23)19-20-15-12(9-18-22(13)15)11-5-3-2-4-6-11/h2-10H,1H3,(H,24,25). The van der Waals surface area contributed by atoms with Crippen molar-refractivity contribution in [2.24, 2.45) is 0 Å². The molecule has 0 radical (unpaired) electrons. The van der Waals surface area contributed by atoms with Crippen LogP contribution in [0, 0.1) is 0 Å². The van der Waals surface area contributed by atoms with Crippen LogP contribution in [0.4, 0.5) is 0 Å². The quantitative estimate of drug-likeness (QED) is 0.612. The van der Waals surface area contributed by atoms with E-state index in [1.54, 1.807) is 16.8 Å². The van der Waals surface area contributed by atoms with Gasteiger partial charge in [0.2, 0.25) is 0 Å². The maximum Gasteiger partial charge on any atom is 0.326 e. The third kappa shape index (κ3) is 2.26. The Labute approximate surface area is 141 Å². The number of nitrogens with zero attached hydrogens (tertiary/aromatic N) is 5. The molecular weight excluding hydrogens is 322 g/mol. The lowest BCUT2D eigenvalue weighted by atomic mass is 10.1. The molecule has 0 fully saturated rings. The van der Waals surface area contributed by atoms with E-state index >= 15 is 0 Å². The highest BCUT2D eigenvalue weighted by Crippen LogP contribution is 2.24. The van der Waals surface area contributed by atoms with E-state index in [9.17, 15) is 9.59 Å². The van der Waals surface area contributed by atoms with Gasteiger partial charge in [-0.25, -0.2) is 9.31 Å². The van der Waals surface area contributed by atoms with Crippen molar-refractivity contribution in [1.29, 1.82) is 0 Å². The van der Waals surface area contributed by atoms with Gasteiger partial charge in [0.25, 0.3) is 5.56 Å². The van der Waals surface area contributed by atoms with Crippen molar-refractivity contribution in [2.45, 2.75) is 13.0 Å². The van der Waals surface area contributed by atoms with E-state index in [2.05, 4.69) is 15.3 Å². The van der Waals surface area contributed by atoms with Gasteiger partial charge in [-0.2, -0.15) is 5.10 Å². The Bertz CT molecular complexity index is 1160. The average Bonchev–Trinajstić information content (AvgIpc) is 3.06. The van der Waals surface area contributed by atoms with Gasteiger partial charge >= 0.3 is 5.97 Å². The van der Waals surface area contributed by atoms with Crippen LogP contribution >= 0.6 is 0 Å². The zero-order chi connectivity index (χ0) is 17.6. The summed E-state index contributed by atoms with van der Waals surface area (Å²) in [4.78, 5) is 23.7. The van der Waals surface area contributed by atoms with E-state index in [0.717, 1.165) is 15.7 Å². The molecule has 1 N–H and O–H groups in total. The van der Waals surface area contributed by atoms with Crippen molar-refractivity contribution in [3.05, 3.63) is 59.1 Å². The zero-order valence-electron chi connectivity index (χ0n) is 13.2. The summed E-state index contributed by atoms with van der Waals surface area (Å²) < 4.78 is 2.66. The second kappa shape index (κ2) is 5.52. The summed E-state index contributed by atoms with van der Waals surface area (Å²) in [5.41, 5.74) is 2.31. The second-order valence-electron chi connectivity index (χ2n) is 5.64. The summed E-state index contributed by atoms with van der Waals surface area (Å²) in [6.07, 6.45) is 3.11. The molecule has 3 aromatic heterocycles. The maximum absolute atomic E-state index is 12.6. The van der Waals surface area contributed by atoms with Gasteiger partial charge in [0.05, 0.1) is 6.20 Å². The Morgan fingerprint density at radius 1 is 1.16 bits per heavy atom. The largest absolute Gasteiger partial charge is 0.480 e. The second-order valence-corrected chi connectivity index (χ2v) is 5.64. The van der Waals surface area contributed by atoms with Crippen molar-refractivity contribution in [2.75, 3.05) is 0 Å². The number of carboxylic acids is 1. The molecule has 25 heavy (non-hydrogen) atoms. The molecule has 0 aliphatic carbocycles. The van der Waals surface area contributed by atoms with Gasteiger partial charge in [-0.3, -0.25) is 9.36 Å². The monoisotopic (exact) mass is 335 g/mol. The Morgan fingerprint density at radius 3 is 2.64 bits per heavy atom. The highest BCUT2D eigenvalue weighted by atomic mass is 16.4. The molecule has 4 rings (SSSR count). The van der Waals surface area contributed by atoms with Crippen LogP contribution in [0.1, 0.15) is 13.0 Å². The van der Waals surface area contributed by atoms with Crippen molar-refractivity contribution in [3.63, 3.8) is 0 Å². The van der Waals surface area contributed by atoms with Crippen LogP contribution in [0.2, 0.25) is 0 Å². The Balaban J connectivity index is 1.97. The van der Waals surface area contributed by atoms with Crippen LogP contribution in [-0.2, 0) is 4.79 Å². The van der Waals surface area contributed by atoms with Crippen LogP contribution in [0.3, 0.4) is 0 Å². The minimum absolute atomic E-state index is 0.0748. The summed E-state index contributed by atoms with van der Waals surface area (Å²) in [6.45, 7) is 1.43. The molecule has 1 atom stereocenters. The first-order valence-corrected chi connectivity index (χ1v) is 7.61. The van der Waals surface area contributed by atoms with E-state index < -0.39 is 17.6 Å². The molecule has 124 valence electrons. The van der Waals surface area contributed by atoms with E-state index in [4.69, 9.17) is 5.11 Å². The minimum atomic E-state index is -1.10. The fourth-order valence-corrected chi connectivity index (χ4v) is 2.75. The molecule has 4 aromatic rings. The van der Waals surface area contributed by atoms with E-state index in [1.165, 1.54) is 13.1 Å². The average molecular weight is 335 g/mol. The predicted octanol–water partition coefficient (Wildman–Crippen LogP) is 1.75. The summed E-state index contributed by atoms with van der Waals surface area (Å²) >= 11 is 0. The molecule has 3 heterocycles. The smallest absolute Gasteiger partial charge is 0.326 e. The molecule has 0 bridgehead atoms. The summed E-state index contributed by atoms with van der Waals surface area (Å²) in [5.74, 6) is -1.10. The fraction of sp³-hybridized carbons (Fsp3) is 0.118. The van der Waals surface area contributed by atoms with Gasteiger partial charge in [0, 0.05) is 11.8 Å². The first kappa shape index (κ1) is 15.0. The molecular formula is C17H13N5O3. The number of carbonyl (C=O) groups is 1. The van der Waals surface area contributed by atoms with Crippen LogP contribution in [-0.4, -0.2) is 35.5 Å². The molecule has 0 spiro atoms. The fourth-order valence-electron chi connectivity index (χ4n) is 2.75. The van der Waals surface area contributed by atoms with Crippen molar-refractivity contribution < 1.29 is 9.90 Å². The number of fused-ring (bicyclic) bond motifs is 3. The number of aromatic nitrogens is 5. The lowest BCUT2D eigenvalue weighted by Gasteiger charge is -2.11. The predicted molar refractivity (Wildman–Crippen MR) is 90.3 cm³/mol. The number of hydrogen-bond acceptors (Lipinski definition) is 5. The van der Waals surface area contributed by atoms with Crippen molar-refractivity contribution in [1.82, 2.24) is 24.4 Å². The van der Waals surface area contributed by atoms with Crippen molar-refractivity contribution >= 4 is 22.6 Å². The number of rotatable bonds is 3. The maximum atomic E-state index is 12.6. The van der Waals surface area contributed by atoms with Crippen LogP contribution in [0.25, 0.3) is 27.8 Å². The lowest BCUT2D eigenvalue weighted by molar-refractivity contribution is -0.140. The number of pyridine rings is 1. The highest BCUT2D eigenvalue weighted by Gasteiger charge is 2.18. The number of aliphatic carboxylic acids is 1. The topological polar surface area (TPSA) is 102 Å². The summed E-state index contributed by atoms with van der Waals surface area (Å²) in [6, 6.07) is 10.3. The molecule has 0 aliphatic rings. The number of hydrogen-bond donors (Lipinski definition) is 1. The SMILES string of the molecule is CC(C(=O)O)n1ccc2c(nnc3c(-c4ccccc4)cnn32)c1=O. The Kier molecular flexibility index (Phi) is 3.31. The molecule has 0 amide bonds. The zero-order valence-corrected chi connectivity index (χ0v) is 13.2. The molecule has 0 saturated heterocycles. The van der Waals surface area contributed by atoms with Gasteiger partial charge in [0.15, 0.2) is 11.2 Å². The van der Waals surface area contributed by atoms with Crippen LogP contribution in [0.5, 0.6) is 0 Å². The van der Waals surface area contributed by atoms with Gasteiger partial charge in [-0.05, 0) is 18.6 Å². The summed E-state index contributed by atoms with van der Waals surface area (Å²) in [5, 5.41) is 21.6. The van der Waals surface area contributed by atoms with Gasteiger partial charge in [-0.15, -0.1) is 10.2 Å². The molecule has 0 saturated carbocycles. The Morgan fingerprint density at radius 2 is 1.92 bits per heavy atom. The van der Waals surface area contributed by atoms with E-state index in [-0.39, 0.29) is 5.52 Å². The van der Waals surface area contributed by atoms with Crippen LogP contribution in [0.15, 0.2) is 53.6 Å². The Hall–Kier alpha value is -3.55. The lowest BCUT2D eigenvalue weighted by Crippen LogP contribution is -2.28. The molecule has 8 nitrogen and oxygen atoms in total. The van der Waals surface area contributed by atoms with E-state index in [0.29, 0.717) is 11.2 Å². The molecule has 1 unspecified atom stereocenters. The van der Waals surface area contributed by atoms with Gasteiger partial charge in [-0.1, -0.05) is 30.3 Å². The van der Waals surface area contributed by atoms with Gasteiger partial charge < -0.3 is 5.11 Å². The molecule has 1 aromatic carbocycles. The van der Waals surface area contributed by atoms with Gasteiger partial charge in [0.1, 0.15) is 11.6 Å². The molecule has 8 heteroatoms. The highest BCUT2D eigenvalue weighted by molar-refractivity contribution is 5.82. The van der Waals surface area contributed by atoms with Crippen LogP contribution < -0.4 is 5.56 Å². The summed E-state index contributed by atoms with van der Waals surface area (Å²) in [7, 11) is 0. The first-order valence-electron chi connectivity index (χ1n) is 7.61.